The summed E-state index contributed by atoms with van der Waals surface area (Å²) in [6, 6.07) is 4.73. The third kappa shape index (κ3) is 2.73. The molecule has 128 valence electrons. The predicted octanol–water partition coefficient (Wildman–Crippen LogP) is 3.40. The van der Waals surface area contributed by atoms with Gasteiger partial charge in [-0.25, -0.2) is 4.79 Å². The van der Waals surface area contributed by atoms with Crippen LogP contribution < -0.4 is 4.74 Å². The summed E-state index contributed by atoms with van der Waals surface area (Å²) < 4.78 is 12.2. The van der Waals surface area contributed by atoms with Gasteiger partial charge in [0.1, 0.15) is 0 Å². The number of methoxy groups -OCH3 is 1. The van der Waals surface area contributed by atoms with Crippen LogP contribution >= 0.6 is 0 Å². The lowest BCUT2D eigenvalue weighted by Crippen LogP contribution is -2.07. The minimum Gasteiger partial charge on any atom is -0.490 e. The quantitative estimate of drug-likeness (QED) is 0.476. The molecule has 2 rings (SSSR count). The zero-order chi connectivity index (χ0) is 18.0. The molecule has 0 saturated carbocycles. The number of esters is 1. The van der Waals surface area contributed by atoms with Crippen LogP contribution in [0.3, 0.4) is 0 Å². The van der Waals surface area contributed by atoms with E-state index in [9.17, 15) is 14.9 Å². The van der Waals surface area contributed by atoms with Crippen molar-refractivity contribution in [3.05, 3.63) is 45.1 Å². The summed E-state index contributed by atoms with van der Waals surface area (Å²) in [7, 11) is 3.20. The molecule has 0 spiro atoms. The van der Waals surface area contributed by atoms with Gasteiger partial charge in [-0.1, -0.05) is 6.07 Å². The molecule has 0 radical (unpaired) electrons. The van der Waals surface area contributed by atoms with Gasteiger partial charge in [0.2, 0.25) is 5.75 Å². The van der Waals surface area contributed by atoms with Crippen molar-refractivity contribution in [3.8, 4) is 17.0 Å². The zero-order valence-electron chi connectivity index (χ0n) is 14.4. The molecule has 0 aliphatic rings. The summed E-state index contributed by atoms with van der Waals surface area (Å²) in [5.41, 5.74) is 3.04. The van der Waals surface area contributed by atoms with Gasteiger partial charge in [0.05, 0.1) is 29.9 Å². The van der Waals surface area contributed by atoms with E-state index in [1.807, 2.05) is 11.5 Å². The number of rotatable bonds is 5. The number of carbonyl (C=O) groups is 1. The summed E-state index contributed by atoms with van der Waals surface area (Å²) in [6.45, 7) is 5.64. The van der Waals surface area contributed by atoms with Crippen LogP contribution in [0.1, 0.15) is 28.5 Å². The van der Waals surface area contributed by atoms with Crippen LogP contribution in [0.25, 0.3) is 11.3 Å². The number of ether oxygens (including phenoxy) is 2. The van der Waals surface area contributed by atoms with Gasteiger partial charge in [-0.15, -0.1) is 0 Å². The van der Waals surface area contributed by atoms with Crippen molar-refractivity contribution in [3.63, 3.8) is 0 Å². The number of para-hydroxylation sites is 1. The summed E-state index contributed by atoms with van der Waals surface area (Å²) in [6.07, 6.45) is 0. The van der Waals surface area contributed by atoms with E-state index < -0.39 is 10.9 Å². The third-order valence-corrected chi connectivity index (χ3v) is 4.06. The topological polar surface area (TPSA) is 83.6 Å². The molecule has 1 aromatic carbocycles. The maximum absolute atomic E-state index is 12.2. The third-order valence-electron chi connectivity index (χ3n) is 4.06. The molecule has 0 fully saturated rings. The van der Waals surface area contributed by atoms with Crippen molar-refractivity contribution in [1.29, 1.82) is 0 Å². The minimum absolute atomic E-state index is 0.120. The summed E-state index contributed by atoms with van der Waals surface area (Å²) in [5.74, 6) is -0.236. The number of nitro benzene ring substituents is 1. The first-order chi connectivity index (χ1) is 11.3. The number of hydrogen-bond acceptors (Lipinski definition) is 5. The lowest BCUT2D eigenvalue weighted by molar-refractivity contribution is -0.385. The molecule has 0 saturated heterocycles. The smallest absolute Gasteiger partial charge is 0.340 e. The fourth-order valence-corrected chi connectivity index (χ4v) is 2.93. The van der Waals surface area contributed by atoms with E-state index in [4.69, 9.17) is 9.47 Å². The van der Waals surface area contributed by atoms with E-state index in [2.05, 4.69) is 0 Å². The van der Waals surface area contributed by atoms with Crippen molar-refractivity contribution in [2.75, 3.05) is 13.7 Å². The molecule has 0 aliphatic carbocycles. The highest BCUT2D eigenvalue weighted by molar-refractivity contribution is 5.95. The molecular weight excluding hydrogens is 312 g/mol. The van der Waals surface area contributed by atoms with Gasteiger partial charge in [-0.2, -0.15) is 0 Å². The Morgan fingerprint density at radius 1 is 1.33 bits per heavy atom. The highest BCUT2D eigenvalue weighted by atomic mass is 16.6. The second-order valence-corrected chi connectivity index (χ2v) is 5.33. The molecule has 24 heavy (non-hydrogen) atoms. The van der Waals surface area contributed by atoms with E-state index in [0.717, 1.165) is 5.69 Å². The van der Waals surface area contributed by atoms with Crippen LogP contribution in [0.5, 0.6) is 5.75 Å². The number of carbonyl (C=O) groups excluding carboxylic acids is 1. The van der Waals surface area contributed by atoms with Crippen LogP contribution in [-0.4, -0.2) is 29.2 Å². The highest BCUT2D eigenvalue weighted by Gasteiger charge is 2.27. The van der Waals surface area contributed by atoms with Crippen LogP contribution in [0, 0.1) is 24.0 Å². The summed E-state index contributed by atoms with van der Waals surface area (Å²) in [5, 5.41) is 11.2. The molecule has 7 heteroatoms. The Kier molecular flexibility index (Phi) is 4.92. The Bertz CT molecular complexity index is 808. The maximum atomic E-state index is 12.2. The van der Waals surface area contributed by atoms with Gasteiger partial charge in [0.25, 0.3) is 0 Å². The van der Waals surface area contributed by atoms with Crippen molar-refractivity contribution >= 4 is 11.7 Å². The van der Waals surface area contributed by atoms with Gasteiger partial charge in [-0.3, -0.25) is 10.1 Å². The first kappa shape index (κ1) is 17.5. The number of benzene rings is 1. The van der Waals surface area contributed by atoms with Crippen LogP contribution in [0.4, 0.5) is 5.69 Å². The first-order valence-electron chi connectivity index (χ1n) is 7.49. The Balaban J connectivity index is 2.75. The van der Waals surface area contributed by atoms with Gasteiger partial charge >= 0.3 is 11.7 Å². The van der Waals surface area contributed by atoms with Crippen molar-refractivity contribution in [2.24, 2.45) is 7.05 Å². The molecular formula is C17H20N2O5. The van der Waals surface area contributed by atoms with Crippen molar-refractivity contribution in [2.45, 2.75) is 20.8 Å². The van der Waals surface area contributed by atoms with Crippen LogP contribution in [-0.2, 0) is 11.8 Å². The van der Waals surface area contributed by atoms with Gasteiger partial charge in [0, 0.05) is 24.4 Å². The second-order valence-electron chi connectivity index (χ2n) is 5.33. The summed E-state index contributed by atoms with van der Waals surface area (Å²) in [4.78, 5) is 23.0. The van der Waals surface area contributed by atoms with E-state index in [1.54, 1.807) is 33.0 Å². The first-order valence-corrected chi connectivity index (χ1v) is 7.49. The van der Waals surface area contributed by atoms with E-state index in [-0.39, 0.29) is 18.0 Å². The highest BCUT2D eigenvalue weighted by Crippen LogP contribution is 2.41. The van der Waals surface area contributed by atoms with E-state index >= 15 is 0 Å². The molecule has 0 bridgehead atoms. The van der Waals surface area contributed by atoms with Crippen molar-refractivity contribution in [1.82, 2.24) is 4.57 Å². The molecule has 0 atom stereocenters. The SMILES string of the molecule is CCOC(=O)c1c(C)c(-c2cccc([N+](=O)[O-])c2OC)n(C)c1C. The molecule has 0 N–H and O–H groups in total. The lowest BCUT2D eigenvalue weighted by atomic mass is 10.0. The molecule has 0 unspecified atom stereocenters. The Labute approximate surface area is 140 Å². The zero-order valence-corrected chi connectivity index (χ0v) is 14.4. The monoisotopic (exact) mass is 332 g/mol. The maximum Gasteiger partial charge on any atom is 0.340 e. The average Bonchev–Trinajstić information content (AvgIpc) is 2.76. The average molecular weight is 332 g/mol. The number of aromatic nitrogens is 1. The molecule has 2 aromatic rings. The van der Waals surface area contributed by atoms with Gasteiger partial charge in [0.15, 0.2) is 0 Å². The molecule has 1 heterocycles. The van der Waals surface area contributed by atoms with E-state index in [0.29, 0.717) is 22.4 Å². The van der Waals surface area contributed by atoms with Gasteiger partial charge < -0.3 is 14.0 Å². The Morgan fingerprint density at radius 2 is 2.00 bits per heavy atom. The van der Waals surface area contributed by atoms with Gasteiger partial charge in [-0.05, 0) is 32.4 Å². The second kappa shape index (κ2) is 6.74. The fourth-order valence-electron chi connectivity index (χ4n) is 2.93. The standard InChI is InChI=1S/C17H20N2O5/c1-6-24-17(20)14-10(2)15(18(4)11(14)3)12-8-7-9-13(19(21)22)16(12)23-5/h7-9H,6H2,1-5H3. The Hall–Kier alpha value is -2.83. The number of nitro groups is 1. The Morgan fingerprint density at radius 3 is 2.54 bits per heavy atom. The normalized spacial score (nSPS) is 10.5. The van der Waals surface area contributed by atoms with Crippen molar-refractivity contribution < 1.29 is 19.2 Å². The van der Waals surface area contributed by atoms with E-state index in [1.165, 1.54) is 13.2 Å². The minimum atomic E-state index is -0.486. The number of nitrogens with zero attached hydrogens (tertiary/aromatic N) is 2. The number of hydrogen-bond donors (Lipinski definition) is 0. The molecule has 7 nitrogen and oxygen atoms in total. The largest absolute Gasteiger partial charge is 0.490 e. The van der Waals surface area contributed by atoms with Crippen LogP contribution in [0.2, 0.25) is 0 Å². The predicted molar refractivity (Wildman–Crippen MR) is 89.5 cm³/mol. The molecule has 1 aromatic heterocycles. The van der Waals surface area contributed by atoms with Crippen LogP contribution in [0.15, 0.2) is 18.2 Å². The molecule has 0 aliphatic heterocycles. The lowest BCUT2D eigenvalue weighted by Gasteiger charge is -2.11. The fraction of sp³-hybridized carbons (Fsp3) is 0.353. The molecule has 0 amide bonds. The summed E-state index contributed by atoms with van der Waals surface area (Å²) >= 11 is 0.